The number of rotatable bonds is 12. The van der Waals surface area contributed by atoms with Gasteiger partial charge in [0.25, 0.3) is 0 Å². The van der Waals surface area contributed by atoms with Crippen LogP contribution in [0.1, 0.15) is 45.1 Å². The second kappa shape index (κ2) is 11.6. The summed E-state index contributed by atoms with van der Waals surface area (Å²) in [4.78, 5) is 39.4. The largest absolute Gasteiger partial charge is 0.480 e. The fourth-order valence-corrected chi connectivity index (χ4v) is 4.88. The third-order valence-electron chi connectivity index (χ3n) is 4.94. The van der Waals surface area contributed by atoms with Crippen molar-refractivity contribution in [2.75, 3.05) is 6.54 Å². The normalized spacial score (nSPS) is 13.2. The number of H-pyrrole nitrogens is 1. The van der Waals surface area contributed by atoms with Crippen LogP contribution in [-0.4, -0.2) is 51.0 Å². The third-order valence-corrected chi connectivity index (χ3v) is 6.20. The second-order valence-electron chi connectivity index (χ2n) is 8.01. The van der Waals surface area contributed by atoms with Crippen LogP contribution in [0.25, 0.3) is 10.9 Å². The van der Waals surface area contributed by atoms with Crippen LogP contribution in [0.3, 0.4) is 0 Å². The van der Waals surface area contributed by atoms with E-state index >= 15 is 0 Å². The minimum Gasteiger partial charge on any atom is -0.480 e. The van der Waals surface area contributed by atoms with E-state index < -0.39 is 23.4 Å². The van der Waals surface area contributed by atoms with Crippen molar-refractivity contribution in [3.8, 4) is 0 Å². The number of aliphatic carboxylic acids is 1. The fourth-order valence-electron chi connectivity index (χ4n) is 3.40. The number of unbranched alkanes of at least 4 members (excludes halogenated alkanes) is 1. The van der Waals surface area contributed by atoms with Crippen LogP contribution in [0.2, 0.25) is 0 Å². The number of hydrogen-bond donors (Lipinski definition) is 5. The second-order valence-corrected chi connectivity index (χ2v) is 9.26. The molecule has 31 heavy (non-hydrogen) atoms. The van der Waals surface area contributed by atoms with Crippen molar-refractivity contribution in [1.29, 1.82) is 0 Å². The van der Waals surface area contributed by atoms with Gasteiger partial charge in [-0.25, -0.2) is 9.59 Å². The highest BCUT2D eigenvalue weighted by Crippen LogP contribution is 2.35. The lowest BCUT2D eigenvalue weighted by molar-refractivity contribution is -0.142. The van der Waals surface area contributed by atoms with Crippen molar-refractivity contribution in [2.45, 2.75) is 62.6 Å². The molecule has 2 amide bonds. The predicted octanol–water partition coefficient (Wildman–Crippen LogP) is 3.99. The molecule has 1 aromatic carbocycles. The third kappa shape index (κ3) is 7.50. The molecule has 0 unspecified atom stereocenters. The summed E-state index contributed by atoms with van der Waals surface area (Å²) in [6.45, 7) is 6.34. The highest BCUT2D eigenvalue weighted by molar-refractivity contribution is 8.00. The first-order chi connectivity index (χ1) is 14.7. The van der Waals surface area contributed by atoms with Crippen LogP contribution in [0.15, 0.2) is 29.3 Å². The molecule has 0 spiro atoms. The standard InChI is InChI=1S/C22H31N3O5S/c1-13(2)11-17(31-18-12-24-15-9-6-7-14(3)19(15)18)20(26)25-16(21(27)28)8-4-5-10-23-22(29)30/h6-7,9,12-13,16-17,23-24H,4-5,8,10-11H2,1-3H3,(H,25,26)(H,27,28)(H,29,30)/t16-,17+/m0/s1. The summed E-state index contributed by atoms with van der Waals surface area (Å²) in [6.07, 6.45) is 2.64. The van der Waals surface area contributed by atoms with E-state index in [0.717, 1.165) is 21.4 Å². The Kier molecular flexibility index (Phi) is 9.23. The van der Waals surface area contributed by atoms with Gasteiger partial charge in [0.05, 0.1) is 5.25 Å². The molecule has 0 aliphatic rings. The minimum absolute atomic E-state index is 0.244. The van der Waals surface area contributed by atoms with Gasteiger partial charge in [0.15, 0.2) is 0 Å². The van der Waals surface area contributed by atoms with E-state index in [1.165, 1.54) is 11.8 Å². The maximum absolute atomic E-state index is 13.0. The summed E-state index contributed by atoms with van der Waals surface area (Å²) >= 11 is 1.45. The Hall–Kier alpha value is -2.68. The number of carbonyl (C=O) groups is 3. The number of fused-ring (bicyclic) bond motifs is 1. The van der Waals surface area contributed by atoms with Crippen molar-refractivity contribution in [3.63, 3.8) is 0 Å². The Morgan fingerprint density at radius 2 is 1.90 bits per heavy atom. The number of carboxylic acid groups (broad SMARTS) is 2. The molecule has 2 aromatic rings. The van der Waals surface area contributed by atoms with Crippen LogP contribution in [0, 0.1) is 12.8 Å². The number of aryl methyl sites for hydroxylation is 1. The Bertz CT molecular complexity index is 912. The van der Waals surface area contributed by atoms with E-state index in [0.29, 0.717) is 19.3 Å². The van der Waals surface area contributed by atoms with E-state index in [1.807, 2.05) is 45.2 Å². The summed E-state index contributed by atoms with van der Waals surface area (Å²) in [5, 5.41) is 23.7. The number of thioether (sulfide) groups is 1. The molecule has 170 valence electrons. The van der Waals surface area contributed by atoms with Gasteiger partial charge >= 0.3 is 12.1 Å². The zero-order valence-corrected chi connectivity index (χ0v) is 18.9. The quantitative estimate of drug-likeness (QED) is 0.246. The van der Waals surface area contributed by atoms with Gasteiger partial charge in [-0.05, 0) is 50.2 Å². The molecule has 1 aromatic heterocycles. The van der Waals surface area contributed by atoms with Gasteiger partial charge in [-0.15, -0.1) is 11.8 Å². The Balaban J connectivity index is 2.06. The van der Waals surface area contributed by atoms with Gasteiger partial charge in [-0.3, -0.25) is 4.79 Å². The van der Waals surface area contributed by atoms with Crippen LogP contribution in [0.5, 0.6) is 0 Å². The van der Waals surface area contributed by atoms with Gasteiger partial charge < -0.3 is 25.8 Å². The summed E-state index contributed by atoms with van der Waals surface area (Å²) < 4.78 is 0. The average molecular weight is 450 g/mol. The molecule has 1 heterocycles. The van der Waals surface area contributed by atoms with E-state index in [1.54, 1.807) is 0 Å². The lowest BCUT2D eigenvalue weighted by atomic mass is 10.1. The molecule has 8 nitrogen and oxygen atoms in total. The van der Waals surface area contributed by atoms with Gasteiger partial charge in [-0.2, -0.15) is 0 Å². The number of carboxylic acids is 1. The minimum atomic E-state index is -1.11. The number of nitrogens with one attached hydrogen (secondary N) is 3. The van der Waals surface area contributed by atoms with Crippen molar-refractivity contribution < 1.29 is 24.6 Å². The Labute approximate surface area is 186 Å². The molecule has 5 N–H and O–H groups in total. The average Bonchev–Trinajstić information content (AvgIpc) is 3.09. The molecule has 0 bridgehead atoms. The number of carbonyl (C=O) groups excluding carboxylic acids is 1. The van der Waals surface area contributed by atoms with E-state index in [4.69, 9.17) is 5.11 Å². The molecular weight excluding hydrogens is 418 g/mol. The molecule has 0 saturated carbocycles. The Morgan fingerprint density at radius 1 is 1.16 bits per heavy atom. The first kappa shape index (κ1) is 24.6. The SMILES string of the molecule is Cc1cccc2[nH]cc(S[C@H](CC(C)C)C(=O)N[C@@H](CCCCNC(=O)O)C(=O)O)c12. The summed E-state index contributed by atoms with van der Waals surface area (Å²) in [5.41, 5.74) is 2.12. The van der Waals surface area contributed by atoms with Crippen molar-refractivity contribution >= 4 is 40.6 Å². The molecule has 2 rings (SSSR count). The fraction of sp³-hybridized carbons (Fsp3) is 0.500. The molecule has 0 aliphatic heterocycles. The van der Waals surface area contributed by atoms with E-state index in [9.17, 15) is 19.5 Å². The maximum Gasteiger partial charge on any atom is 0.404 e. The Morgan fingerprint density at radius 3 is 2.55 bits per heavy atom. The number of aromatic nitrogens is 1. The number of hydrogen-bond acceptors (Lipinski definition) is 4. The van der Waals surface area contributed by atoms with Crippen LogP contribution in [-0.2, 0) is 9.59 Å². The molecule has 9 heteroatoms. The lowest BCUT2D eigenvalue weighted by Crippen LogP contribution is -2.45. The summed E-state index contributed by atoms with van der Waals surface area (Å²) in [5.74, 6) is -1.12. The first-order valence-corrected chi connectivity index (χ1v) is 11.3. The number of benzene rings is 1. The van der Waals surface area contributed by atoms with Gasteiger partial charge in [0.2, 0.25) is 5.91 Å². The highest BCUT2D eigenvalue weighted by Gasteiger charge is 2.27. The maximum atomic E-state index is 13.0. The molecule has 0 radical (unpaired) electrons. The molecule has 0 aliphatic carbocycles. The van der Waals surface area contributed by atoms with Crippen LogP contribution in [0.4, 0.5) is 4.79 Å². The highest BCUT2D eigenvalue weighted by atomic mass is 32.2. The van der Waals surface area contributed by atoms with Gasteiger partial charge in [-0.1, -0.05) is 26.0 Å². The van der Waals surface area contributed by atoms with Crippen LogP contribution < -0.4 is 10.6 Å². The first-order valence-electron chi connectivity index (χ1n) is 10.4. The topological polar surface area (TPSA) is 132 Å². The number of aromatic amines is 1. The predicted molar refractivity (Wildman–Crippen MR) is 122 cm³/mol. The van der Waals surface area contributed by atoms with Gasteiger partial charge in [0.1, 0.15) is 6.04 Å². The van der Waals surface area contributed by atoms with Crippen LogP contribution >= 0.6 is 11.8 Å². The molecule has 0 saturated heterocycles. The smallest absolute Gasteiger partial charge is 0.404 e. The molecule has 0 fully saturated rings. The monoisotopic (exact) mass is 449 g/mol. The zero-order valence-electron chi connectivity index (χ0n) is 18.1. The van der Waals surface area contributed by atoms with Crippen molar-refractivity contribution in [1.82, 2.24) is 15.6 Å². The van der Waals surface area contributed by atoms with Gasteiger partial charge in [0, 0.05) is 28.5 Å². The lowest BCUT2D eigenvalue weighted by Gasteiger charge is -2.21. The number of amides is 2. The van der Waals surface area contributed by atoms with Crippen molar-refractivity contribution in [3.05, 3.63) is 30.0 Å². The summed E-state index contributed by atoms with van der Waals surface area (Å²) in [7, 11) is 0. The van der Waals surface area contributed by atoms with E-state index in [2.05, 4.69) is 15.6 Å². The van der Waals surface area contributed by atoms with Crippen molar-refractivity contribution in [2.24, 2.45) is 5.92 Å². The molecule has 2 atom stereocenters. The molecular formula is C22H31N3O5S. The van der Waals surface area contributed by atoms with E-state index in [-0.39, 0.29) is 24.8 Å². The summed E-state index contributed by atoms with van der Waals surface area (Å²) in [6, 6.07) is 4.99. The zero-order chi connectivity index (χ0) is 23.0.